The lowest BCUT2D eigenvalue weighted by Crippen LogP contribution is -2.31. The van der Waals surface area contributed by atoms with Crippen LogP contribution in [0.5, 0.6) is 5.75 Å². The highest BCUT2D eigenvalue weighted by molar-refractivity contribution is 5.97. The largest absolute Gasteiger partial charge is 0.508 e. The van der Waals surface area contributed by atoms with Gasteiger partial charge in [0, 0.05) is 62.1 Å². The summed E-state index contributed by atoms with van der Waals surface area (Å²) < 4.78 is 0. The van der Waals surface area contributed by atoms with E-state index in [1.165, 1.54) is 18.2 Å². The second-order valence-corrected chi connectivity index (χ2v) is 6.98. The molecule has 8 nitrogen and oxygen atoms in total. The zero-order valence-electron chi connectivity index (χ0n) is 15.0. The van der Waals surface area contributed by atoms with E-state index in [1.54, 1.807) is 0 Å². The van der Waals surface area contributed by atoms with Crippen LogP contribution in [0.4, 0.5) is 5.69 Å². The van der Waals surface area contributed by atoms with Gasteiger partial charge in [-0.2, -0.15) is 0 Å². The number of hydrogen-bond acceptors (Lipinski definition) is 7. The molecule has 0 fully saturated rings. The van der Waals surface area contributed by atoms with Crippen LogP contribution in [-0.4, -0.2) is 43.7 Å². The summed E-state index contributed by atoms with van der Waals surface area (Å²) >= 11 is 0. The maximum absolute atomic E-state index is 11.0. The molecule has 0 spiro atoms. The molecule has 1 aromatic heterocycles. The van der Waals surface area contributed by atoms with Gasteiger partial charge in [-0.1, -0.05) is 0 Å². The minimum atomic E-state index is -0.447. The Bertz CT molecular complexity index is 912. The molecular weight excluding hydrogens is 346 g/mol. The zero-order valence-corrected chi connectivity index (χ0v) is 15.0. The van der Waals surface area contributed by atoms with Crippen molar-refractivity contribution in [3.8, 4) is 5.75 Å². The van der Waals surface area contributed by atoms with Crippen LogP contribution in [0.1, 0.15) is 41.9 Å². The number of nitrogens with zero attached hydrogens (tertiary/aromatic N) is 5. The van der Waals surface area contributed by atoms with Gasteiger partial charge in [-0.15, -0.1) is 0 Å². The van der Waals surface area contributed by atoms with Gasteiger partial charge in [0.05, 0.1) is 16.3 Å². The standard InChI is InChI=1S/C19H21N5O3/c25-18-5-4-15(24(26)27)9-13(18)11-23-8-6-16-14(12-23)10-21-19(22-16)17-3-1-2-7-20-17/h4-5,9-10,25H,1-3,6-8,11-12H2. The van der Waals surface area contributed by atoms with Crippen LogP contribution in [0.25, 0.3) is 0 Å². The Labute approximate surface area is 156 Å². The van der Waals surface area contributed by atoms with Crippen LogP contribution < -0.4 is 0 Å². The van der Waals surface area contributed by atoms with Gasteiger partial charge in [-0.3, -0.25) is 20.0 Å². The molecule has 0 amide bonds. The lowest BCUT2D eigenvalue weighted by atomic mass is 10.0. The highest BCUT2D eigenvalue weighted by Gasteiger charge is 2.22. The second-order valence-electron chi connectivity index (χ2n) is 6.98. The number of benzene rings is 1. The van der Waals surface area contributed by atoms with Crippen molar-refractivity contribution < 1.29 is 10.0 Å². The van der Waals surface area contributed by atoms with Crippen molar-refractivity contribution in [1.29, 1.82) is 0 Å². The van der Waals surface area contributed by atoms with E-state index in [9.17, 15) is 15.2 Å². The molecule has 3 heterocycles. The molecule has 2 aliphatic heterocycles. The number of nitro benzene ring substituents is 1. The van der Waals surface area contributed by atoms with E-state index in [4.69, 9.17) is 4.98 Å². The zero-order chi connectivity index (χ0) is 18.8. The topological polar surface area (TPSA) is 105 Å². The minimum absolute atomic E-state index is 0.0126. The highest BCUT2D eigenvalue weighted by Crippen LogP contribution is 2.26. The normalized spacial score (nSPS) is 17.3. The second kappa shape index (κ2) is 7.40. The monoisotopic (exact) mass is 367 g/mol. The Morgan fingerprint density at radius 2 is 2.15 bits per heavy atom. The quantitative estimate of drug-likeness (QED) is 0.658. The molecule has 1 N–H and O–H groups in total. The first-order chi connectivity index (χ1) is 13.1. The van der Waals surface area contributed by atoms with Gasteiger partial charge in [0.2, 0.25) is 0 Å². The van der Waals surface area contributed by atoms with Crippen molar-refractivity contribution in [2.45, 2.75) is 38.8 Å². The van der Waals surface area contributed by atoms with E-state index in [-0.39, 0.29) is 11.4 Å². The molecule has 2 aromatic rings. The van der Waals surface area contributed by atoms with Crippen molar-refractivity contribution in [2.75, 3.05) is 13.1 Å². The summed E-state index contributed by atoms with van der Waals surface area (Å²) in [5.74, 6) is 0.825. The Morgan fingerprint density at radius 1 is 1.26 bits per heavy atom. The van der Waals surface area contributed by atoms with Gasteiger partial charge in [-0.05, 0) is 25.3 Å². The number of non-ortho nitro benzene ring substituents is 1. The summed E-state index contributed by atoms with van der Waals surface area (Å²) in [6.45, 7) is 2.74. The number of phenols is 1. The number of aromatic nitrogens is 2. The van der Waals surface area contributed by atoms with Gasteiger partial charge in [0.25, 0.3) is 5.69 Å². The van der Waals surface area contributed by atoms with E-state index in [2.05, 4.69) is 14.9 Å². The number of fused-ring (bicyclic) bond motifs is 1. The van der Waals surface area contributed by atoms with Gasteiger partial charge in [0.15, 0.2) is 5.82 Å². The molecule has 0 aliphatic carbocycles. The molecule has 0 saturated heterocycles. The molecule has 140 valence electrons. The summed E-state index contributed by atoms with van der Waals surface area (Å²) in [6, 6.07) is 4.13. The first-order valence-corrected chi connectivity index (χ1v) is 9.17. The van der Waals surface area contributed by atoms with Crippen LogP contribution >= 0.6 is 0 Å². The van der Waals surface area contributed by atoms with Crippen molar-refractivity contribution in [2.24, 2.45) is 4.99 Å². The van der Waals surface area contributed by atoms with Crippen LogP contribution in [0, 0.1) is 10.1 Å². The summed E-state index contributed by atoms with van der Waals surface area (Å²) in [5.41, 5.74) is 3.66. The molecule has 1 aromatic carbocycles. The predicted octanol–water partition coefficient (Wildman–Crippen LogP) is 2.62. The van der Waals surface area contributed by atoms with Crippen molar-refractivity contribution in [3.05, 3.63) is 57.2 Å². The Kier molecular flexibility index (Phi) is 4.81. The maximum atomic E-state index is 11.0. The third-order valence-electron chi connectivity index (χ3n) is 5.06. The van der Waals surface area contributed by atoms with Crippen LogP contribution in [0.3, 0.4) is 0 Å². The number of aliphatic imine (C=N–C) groups is 1. The predicted molar refractivity (Wildman–Crippen MR) is 99.9 cm³/mol. The molecule has 27 heavy (non-hydrogen) atoms. The van der Waals surface area contributed by atoms with E-state index >= 15 is 0 Å². The highest BCUT2D eigenvalue weighted by atomic mass is 16.6. The fraction of sp³-hybridized carbons (Fsp3) is 0.421. The fourth-order valence-electron chi connectivity index (χ4n) is 3.58. The van der Waals surface area contributed by atoms with Gasteiger partial charge < -0.3 is 5.11 Å². The Balaban J connectivity index is 1.50. The van der Waals surface area contributed by atoms with Crippen molar-refractivity contribution in [1.82, 2.24) is 14.9 Å². The van der Waals surface area contributed by atoms with Crippen LogP contribution in [-0.2, 0) is 19.5 Å². The molecule has 0 bridgehead atoms. The molecule has 8 heteroatoms. The molecule has 0 atom stereocenters. The third kappa shape index (κ3) is 3.80. The molecule has 0 radical (unpaired) electrons. The number of rotatable bonds is 4. The smallest absolute Gasteiger partial charge is 0.270 e. The number of hydrogen-bond donors (Lipinski definition) is 1. The first-order valence-electron chi connectivity index (χ1n) is 9.17. The molecule has 4 rings (SSSR count). The molecular formula is C19H21N5O3. The summed E-state index contributed by atoms with van der Waals surface area (Å²) in [7, 11) is 0. The summed E-state index contributed by atoms with van der Waals surface area (Å²) in [6.07, 6.45) is 5.87. The number of aromatic hydroxyl groups is 1. The average molecular weight is 367 g/mol. The number of phenolic OH excluding ortho intramolecular Hbond substituents is 1. The SMILES string of the molecule is O=[N+]([O-])c1ccc(O)c(CN2CCc3nc(C4=NCCCC4)ncc3C2)c1. The Hall–Kier alpha value is -2.87. The van der Waals surface area contributed by atoms with E-state index in [0.29, 0.717) is 18.7 Å². The fourth-order valence-corrected chi connectivity index (χ4v) is 3.58. The molecule has 0 saturated carbocycles. The minimum Gasteiger partial charge on any atom is -0.508 e. The molecule has 2 aliphatic rings. The van der Waals surface area contributed by atoms with E-state index < -0.39 is 4.92 Å². The third-order valence-corrected chi connectivity index (χ3v) is 5.06. The lowest BCUT2D eigenvalue weighted by Gasteiger charge is -2.28. The van der Waals surface area contributed by atoms with Crippen molar-refractivity contribution in [3.63, 3.8) is 0 Å². The van der Waals surface area contributed by atoms with Crippen LogP contribution in [0.2, 0.25) is 0 Å². The molecule has 0 unspecified atom stereocenters. The first kappa shape index (κ1) is 17.5. The lowest BCUT2D eigenvalue weighted by molar-refractivity contribution is -0.385. The summed E-state index contributed by atoms with van der Waals surface area (Å²) in [4.78, 5) is 26.4. The Morgan fingerprint density at radius 3 is 2.93 bits per heavy atom. The van der Waals surface area contributed by atoms with Crippen LogP contribution in [0.15, 0.2) is 29.4 Å². The van der Waals surface area contributed by atoms with Gasteiger partial charge in [0.1, 0.15) is 5.75 Å². The van der Waals surface area contributed by atoms with E-state index in [0.717, 1.165) is 61.6 Å². The van der Waals surface area contributed by atoms with Gasteiger partial charge >= 0.3 is 0 Å². The number of nitro groups is 1. The van der Waals surface area contributed by atoms with E-state index in [1.807, 2.05) is 6.20 Å². The average Bonchev–Trinajstić information content (AvgIpc) is 2.69. The van der Waals surface area contributed by atoms with Gasteiger partial charge in [-0.25, -0.2) is 9.97 Å². The summed E-state index contributed by atoms with van der Waals surface area (Å²) in [5, 5.41) is 21.0. The maximum Gasteiger partial charge on any atom is 0.270 e. The van der Waals surface area contributed by atoms with Crippen molar-refractivity contribution >= 4 is 11.4 Å².